The van der Waals surface area contributed by atoms with Gasteiger partial charge in [-0.2, -0.15) is 0 Å². The molecule has 0 aromatic heterocycles. The lowest BCUT2D eigenvalue weighted by Crippen LogP contribution is -2.00. The Bertz CT molecular complexity index is 1920. The minimum atomic E-state index is 0.793. The van der Waals surface area contributed by atoms with Gasteiger partial charge in [-0.3, -0.25) is 4.99 Å². The normalized spacial score (nSPS) is 16.1. The van der Waals surface area contributed by atoms with Crippen LogP contribution < -0.4 is 0 Å². The van der Waals surface area contributed by atoms with Crippen molar-refractivity contribution in [3.05, 3.63) is 168 Å². The Hall–Kier alpha value is -4.53. The summed E-state index contributed by atoms with van der Waals surface area (Å²) in [7, 11) is 0. The summed E-state index contributed by atoms with van der Waals surface area (Å²) in [5, 5.41) is 2.51. The molecule has 0 saturated heterocycles. The van der Waals surface area contributed by atoms with Gasteiger partial charge >= 0.3 is 0 Å². The lowest BCUT2D eigenvalue weighted by Gasteiger charge is -2.21. The Labute approximate surface area is 256 Å². The van der Waals surface area contributed by atoms with E-state index in [2.05, 4.69) is 156 Å². The van der Waals surface area contributed by atoms with E-state index in [1.54, 1.807) is 0 Å². The number of allylic oxidation sites excluding steroid dienone is 12. The highest BCUT2D eigenvalue weighted by Gasteiger charge is 2.22. The molecule has 0 bridgehead atoms. The number of rotatable bonds is 4. The predicted molar refractivity (Wildman–Crippen MR) is 186 cm³/mol. The number of fused-ring (bicyclic) bond motifs is 2. The molecule has 202 valence electrons. The summed E-state index contributed by atoms with van der Waals surface area (Å²) in [4.78, 5) is 4.72. The van der Waals surface area contributed by atoms with Gasteiger partial charge in [0.2, 0.25) is 0 Å². The van der Waals surface area contributed by atoms with Crippen molar-refractivity contribution in [1.29, 1.82) is 0 Å². The van der Waals surface area contributed by atoms with Gasteiger partial charge in [0.15, 0.2) is 0 Å². The highest BCUT2D eigenvalue weighted by molar-refractivity contribution is 9.18. The summed E-state index contributed by atoms with van der Waals surface area (Å²) in [6.45, 7) is 0. The minimum absolute atomic E-state index is 0.793. The molecule has 0 amide bonds. The predicted octanol–water partition coefficient (Wildman–Crippen LogP) is 11.2. The summed E-state index contributed by atoms with van der Waals surface area (Å²) >= 11 is 3.61. The molecule has 0 radical (unpaired) electrons. The SMILES string of the molecule is BrC1=NC=C(c2c3c(c(-c4ccc(C5=CC=CCC=C5)cc4)c4ccccc24)CC=C(c2ccccc2)C=C3)C=CC1. The number of aliphatic imine (C=N–C) groups is 1. The first-order valence-electron chi connectivity index (χ1n) is 14.5. The quantitative estimate of drug-likeness (QED) is 0.220. The smallest absolute Gasteiger partial charge is 0.0867 e. The monoisotopic (exact) mass is 603 g/mol. The number of hydrogen-bond acceptors (Lipinski definition) is 1. The molecule has 4 aromatic rings. The van der Waals surface area contributed by atoms with E-state index in [0.29, 0.717) is 0 Å². The molecular weight excluding hydrogens is 574 g/mol. The van der Waals surface area contributed by atoms with Crippen molar-refractivity contribution in [1.82, 2.24) is 0 Å². The maximum atomic E-state index is 4.72. The highest BCUT2D eigenvalue weighted by atomic mass is 79.9. The fourth-order valence-electron chi connectivity index (χ4n) is 6.11. The Kier molecular flexibility index (Phi) is 7.38. The largest absolute Gasteiger partial charge is 0.253 e. The number of hydrogen-bond donors (Lipinski definition) is 0. The van der Waals surface area contributed by atoms with Crippen LogP contribution in [-0.4, -0.2) is 4.62 Å². The van der Waals surface area contributed by atoms with Crippen LogP contribution in [0.15, 0.2) is 145 Å². The van der Waals surface area contributed by atoms with Gasteiger partial charge in [-0.15, -0.1) is 0 Å². The van der Waals surface area contributed by atoms with Crippen molar-refractivity contribution in [2.45, 2.75) is 19.3 Å². The van der Waals surface area contributed by atoms with E-state index < -0.39 is 0 Å². The van der Waals surface area contributed by atoms with Gasteiger partial charge in [-0.1, -0.05) is 140 Å². The summed E-state index contributed by atoms with van der Waals surface area (Å²) in [6.07, 6.45) is 27.0. The molecule has 1 aliphatic heterocycles. The zero-order valence-corrected chi connectivity index (χ0v) is 24.9. The van der Waals surface area contributed by atoms with Crippen LogP contribution in [-0.2, 0) is 6.42 Å². The molecule has 42 heavy (non-hydrogen) atoms. The van der Waals surface area contributed by atoms with E-state index in [-0.39, 0.29) is 0 Å². The van der Waals surface area contributed by atoms with E-state index in [0.717, 1.165) is 29.5 Å². The van der Waals surface area contributed by atoms with Crippen LogP contribution >= 0.6 is 15.9 Å². The van der Waals surface area contributed by atoms with Crippen LogP contribution in [0.5, 0.6) is 0 Å². The van der Waals surface area contributed by atoms with Gasteiger partial charge < -0.3 is 0 Å². The summed E-state index contributed by atoms with van der Waals surface area (Å²) in [5.41, 5.74) is 12.5. The third-order valence-corrected chi connectivity index (χ3v) is 8.66. The van der Waals surface area contributed by atoms with Crippen LogP contribution in [0.25, 0.3) is 44.7 Å². The Morgan fingerprint density at radius 3 is 2.12 bits per heavy atom. The van der Waals surface area contributed by atoms with Crippen molar-refractivity contribution < 1.29 is 0 Å². The molecule has 1 nitrogen and oxygen atoms in total. The number of nitrogens with zero attached hydrogens (tertiary/aromatic N) is 1. The number of benzene rings is 4. The zero-order chi connectivity index (χ0) is 28.3. The second-order valence-electron chi connectivity index (χ2n) is 10.7. The van der Waals surface area contributed by atoms with Crippen molar-refractivity contribution in [3.8, 4) is 11.1 Å². The molecule has 2 aliphatic carbocycles. The first-order chi connectivity index (χ1) is 20.8. The van der Waals surface area contributed by atoms with Gasteiger partial charge in [-0.25, -0.2) is 0 Å². The van der Waals surface area contributed by atoms with Crippen LogP contribution in [0.4, 0.5) is 0 Å². The van der Waals surface area contributed by atoms with Crippen LogP contribution in [0.3, 0.4) is 0 Å². The molecule has 7 rings (SSSR count). The van der Waals surface area contributed by atoms with Crippen molar-refractivity contribution >= 4 is 54.1 Å². The fourth-order valence-corrected chi connectivity index (χ4v) is 6.40. The van der Waals surface area contributed by atoms with Gasteiger partial charge in [0.1, 0.15) is 0 Å². The van der Waals surface area contributed by atoms with Crippen LogP contribution in [0, 0.1) is 0 Å². The molecular formula is C40H30BrN. The molecule has 0 saturated carbocycles. The average molecular weight is 605 g/mol. The molecule has 0 atom stereocenters. The van der Waals surface area contributed by atoms with Crippen molar-refractivity contribution in [3.63, 3.8) is 0 Å². The highest BCUT2D eigenvalue weighted by Crippen LogP contribution is 2.43. The number of halogens is 1. The minimum Gasteiger partial charge on any atom is -0.253 e. The van der Waals surface area contributed by atoms with Gasteiger partial charge in [0.25, 0.3) is 0 Å². The Balaban J connectivity index is 1.47. The van der Waals surface area contributed by atoms with E-state index in [1.165, 1.54) is 60.9 Å². The van der Waals surface area contributed by atoms with Gasteiger partial charge in [-0.05, 0) is 89.6 Å². The van der Waals surface area contributed by atoms with Gasteiger partial charge in [0.05, 0.1) is 4.62 Å². The van der Waals surface area contributed by atoms with Crippen molar-refractivity contribution in [2.24, 2.45) is 4.99 Å². The summed E-state index contributed by atoms with van der Waals surface area (Å²) in [6, 6.07) is 28.7. The second kappa shape index (κ2) is 11.8. The molecule has 3 aliphatic rings. The third-order valence-electron chi connectivity index (χ3n) is 8.13. The maximum Gasteiger partial charge on any atom is 0.0867 e. The average Bonchev–Trinajstić information content (AvgIpc) is 3.53. The molecule has 0 spiro atoms. The van der Waals surface area contributed by atoms with E-state index in [1.807, 2.05) is 6.20 Å². The van der Waals surface area contributed by atoms with Crippen LogP contribution in [0.1, 0.15) is 40.7 Å². The summed E-state index contributed by atoms with van der Waals surface area (Å²) in [5.74, 6) is 0. The van der Waals surface area contributed by atoms with E-state index >= 15 is 0 Å². The summed E-state index contributed by atoms with van der Waals surface area (Å²) < 4.78 is 0.943. The maximum absolute atomic E-state index is 4.72. The first-order valence-corrected chi connectivity index (χ1v) is 15.3. The molecule has 0 unspecified atom stereocenters. The van der Waals surface area contributed by atoms with Gasteiger partial charge in [0, 0.05) is 18.2 Å². The zero-order valence-electron chi connectivity index (χ0n) is 23.3. The standard InChI is InChI=1S/C40H30BrN/c41-38-18-10-15-33(27-42-38)40-35-17-9-8-16-34(35)39(32-21-19-30(20-22-32)28-11-4-1-2-5-12-28)36-25-23-31(24-26-37(36)40)29-13-6-3-7-14-29/h1,3-17,19-24,26-27H,2,18,25H2. The molecule has 0 N–H and O–H groups in total. The Morgan fingerprint density at radius 2 is 1.29 bits per heavy atom. The molecule has 2 heteroatoms. The van der Waals surface area contributed by atoms with E-state index in [9.17, 15) is 0 Å². The fraction of sp³-hybridized carbons (Fsp3) is 0.0750. The van der Waals surface area contributed by atoms with Crippen LogP contribution in [0.2, 0.25) is 0 Å². The first kappa shape index (κ1) is 26.4. The lowest BCUT2D eigenvalue weighted by molar-refractivity contribution is 1.27. The second-order valence-corrected chi connectivity index (χ2v) is 11.6. The molecule has 0 fully saturated rings. The lowest BCUT2D eigenvalue weighted by atomic mass is 9.82. The third kappa shape index (κ3) is 5.15. The topological polar surface area (TPSA) is 12.4 Å². The van der Waals surface area contributed by atoms with E-state index in [4.69, 9.17) is 4.99 Å². The van der Waals surface area contributed by atoms with Crippen molar-refractivity contribution in [2.75, 3.05) is 0 Å². The Morgan fingerprint density at radius 1 is 0.571 bits per heavy atom. The molecule has 1 heterocycles. The molecule has 4 aromatic carbocycles.